The molecule has 146 valence electrons. The molecule has 0 unspecified atom stereocenters. The maximum Gasteiger partial charge on any atom is 0.322 e. The monoisotopic (exact) mass is 390 g/mol. The Morgan fingerprint density at radius 2 is 1.93 bits per heavy atom. The molecule has 2 N–H and O–H groups in total. The Labute approximate surface area is 163 Å². The predicted octanol–water partition coefficient (Wildman–Crippen LogP) is 3.74. The Bertz CT molecular complexity index is 746. The van der Waals surface area contributed by atoms with Crippen LogP contribution in [0.3, 0.4) is 0 Å². The van der Waals surface area contributed by atoms with Crippen LogP contribution in [0.15, 0.2) is 29.6 Å². The molecule has 2 rings (SSSR count). The van der Waals surface area contributed by atoms with E-state index in [1.165, 1.54) is 11.3 Å². The lowest BCUT2D eigenvalue weighted by Crippen LogP contribution is -2.35. The van der Waals surface area contributed by atoms with Crippen molar-refractivity contribution in [1.29, 1.82) is 0 Å². The first-order valence-electron chi connectivity index (χ1n) is 9.00. The summed E-state index contributed by atoms with van der Waals surface area (Å²) in [4.78, 5) is 30.7. The summed E-state index contributed by atoms with van der Waals surface area (Å²) >= 11 is 1.38. The summed E-state index contributed by atoms with van der Waals surface area (Å²) < 4.78 is 5.12. The number of rotatable bonds is 9. The zero-order valence-corrected chi connectivity index (χ0v) is 16.8. The SMILES string of the molecule is CCCNC(=O)c1csc(CN(CCC)C(=O)Nc2ccc(OC)cc2)n1. The maximum atomic E-state index is 12.6. The second-order valence-electron chi connectivity index (χ2n) is 5.96. The fourth-order valence-electron chi connectivity index (χ4n) is 2.38. The van der Waals surface area contributed by atoms with Crippen LogP contribution in [0.5, 0.6) is 5.75 Å². The second-order valence-corrected chi connectivity index (χ2v) is 6.91. The molecular formula is C19H26N4O3S. The Balaban J connectivity index is 2.00. The van der Waals surface area contributed by atoms with Crippen LogP contribution < -0.4 is 15.4 Å². The first-order valence-corrected chi connectivity index (χ1v) is 9.87. The molecule has 7 nitrogen and oxygen atoms in total. The van der Waals surface area contributed by atoms with Crippen LogP contribution in [0, 0.1) is 0 Å². The van der Waals surface area contributed by atoms with Crippen LogP contribution in [-0.4, -0.2) is 42.0 Å². The van der Waals surface area contributed by atoms with Crippen molar-refractivity contribution in [3.63, 3.8) is 0 Å². The number of carbonyl (C=O) groups excluding carboxylic acids is 2. The largest absolute Gasteiger partial charge is 0.497 e. The summed E-state index contributed by atoms with van der Waals surface area (Å²) in [5.41, 5.74) is 1.09. The van der Waals surface area contributed by atoms with Gasteiger partial charge in [-0.1, -0.05) is 13.8 Å². The van der Waals surface area contributed by atoms with Gasteiger partial charge in [-0.3, -0.25) is 4.79 Å². The van der Waals surface area contributed by atoms with Gasteiger partial charge >= 0.3 is 6.03 Å². The number of urea groups is 1. The van der Waals surface area contributed by atoms with Crippen LogP contribution >= 0.6 is 11.3 Å². The number of nitrogens with zero attached hydrogens (tertiary/aromatic N) is 2. The number of hydrogen-bond donors (Lipinski definition) is 2. The zero-order valence-electron chi connectivity index (χ0n) is 15.9. The van der Waals surface area contributed by atoms with E-state index in [4.69, 9.17) is 4.74 Å². The number of thiazole rings is 1. The number of ether oxygens (including phenoxy) is 1. The average Bonchev–Trinajstić information content (AvgIpc) is 3.15. The molecule has 0 aliphatic heterocycles. The summed E-state index contributed by atoms with van der Waals surface area (Å²) in [7, 11) is 1.60. The summed E-state index contributed by atoms with van der Waals surface area (Å²) in [6, 6.07) is 6.97. The Kier molecular flexibility index (Phi) is 8.06. The summed E-state index contributed by atoms with van der Waals surface area (Å²) in [6.45, 7) is 5.59. The van der Waals surface area contributed by atoms with Crippen molar-refractivity contribution in [2.75, 3.05) is 25.5 Å². The van der Waals surface area contributed by atoms with Crippen LogP contribution in [0.4, 0.5) is 10.5 Å². The number of methoxy groups -OCH3 is 1. The Hall–Kier alpha value is -2.61. The lowest BCUT2D eigenvalue weighted by atomic mass is 10.3. The number of anilines is 1. The summed E-state index contributed by atoms with van der Waals surface area (Å²) in [6.07, 6.45) is 1.70. The van der Waals surface area contributed by atoms with Gasteiger partial charge in [0.25, 0.3) is 5.91 Å². The molecule has 0 atom stereocenters. The number of hydrogen-bond acceptors (Lipinski definition) is 5. The quantitative estimate of drug-likeness (QED) is 0.683. The molecule has 1 heterocycles. The van der Waals surface area contributed by atoms with Crippen molar-refractivity contribution in [3.8, 4) is 5.75 Å². The minimum atomic E-state index is -0.200. The molecule has 2 aromatic rings. The van der Waals surface area contributed by atoms with Gasteiger partial charge in [0.05, 0.1) is 13.7 Å². The molecule has 0 radical (unpaired) electrons. The number of nitrogens with one attached hydrogen (secondary N) is 2. The standard InChI is InChI=1S/C19H26N4O3S/c1-4-10-20-18(24)16-13-27-17(22-16)12-23(11-5-2)19(25)21-14-6-8-15(26-3)9-7-14/h6-9,13H,4-5,10-12H2,1-3H3,(H,20,24)(H,21,25). The number of aromatic nitrogens is 1. The third-order valence-electron chi connectivity index (χ3n) is 3.77. The van der Waals surface area contributed by atoms with Crippen molar-refractivity contribution >= 4 is 29.0 Å². The fraction of sp³-hybridized carbons (Fsp3) is 0.421. The smallest absolute Gasteiger partial charge is 0.322 e. The third-order valence-corrected chi connectivity index (χ3v) is 4.60. The number of carbonyl (C=O) groups is 2. The second kappa shape index (κ2) is 10.5. The highest BCUT2D eigenvalue weighted by molar-refractivity contribution is 7.09. The molecule has 0 aliphatic rings. The molecule has 1 aromatic heterocycles. The van der Waals surface area contributed by atoms with E-state index in [0.29, 0.717) is 31.0 Å². The highest BCUT2D eigenvalue weighted by atomic mass is 32.1. The summed E-state index contributed by atoms with van der Waals surface area (Å²) in [5.74, 6) is 0.555. The van der Waals surface area contributed by atoms with Gasteiger partial charge in [0.1, 0.15) is 16.5 Å². The first kappa shape index (κ1) is 20.7. The summed E-state index contributed by atoms with van der Waals surface area (Å²) in [5, 5.41) is 8.15. The van der Waals surface area contributed by atoms with Crippen LogP contribution in [0.2, 0.25) is 0 Å². The predicted molar refractivity (Wildman–Crippen MR) is 107 cm³/mol. The third kappa shape index (κ3) is 6.25. The molecule has 0 bridgehead atoms. The van der Waals surface area contributed by atoms with Crippen LogP contribution in [-0.2, 0) is 6.54 Å². The van der Waals surface area contributed by atoms with Gasteiger partial charge in [0.2, 0.25) is 0 Å². The molecule has 0 saturated heterocycles. The fourth-order valence-corrected chi connectivity index (χ4v) is 3.17. The molecule has 0 saturated carbocycles. The van der Waals surface area contributed by atoms with E-state index in [2.05, 4.69) is 15.6 Å². The minimum Gasteiger partial charge on any atom is -0.497 e. The number of benzene rings is 1. The van der Waals surface area contributed by atoms with Crippen molar-refractivity contribution in [1.82, 2.24) is 15.2 Å². The lowest BCUT2D eigenvalue weighted by Gasteiger charge is -2.21. The van der Waals surface area contributed by atoms with E-state index in [1.54, 1.807) is 41.7 Å². The van der Waals surface area contributed by atoms with Gasteiger partial charge in [0.15, 0.2) is 0 Å². The van der Waals surface area contributed by atoms with E-state index >= 15 is 0 Å². The molecule has 0 aliphatic carbocycles. The average molecular weight is 391 g/mol. The first-order chi connectivity index (χ1) is 13.1. The van der Waals surface area contributed by atoms with Gasteiger partial charge in [-0.2, -0.15) is 0 Å². The van der Waals surface area contributed by atoms with Gasteiger partial charge < -0.3 is 20.3 Å². The van der Waals surface area contributed by atoms with Crippen molar-refractivity contribution in [2.45, 2.75) is 33.2 Å². The topological polar surface area (TPSA) is 83.6 Å². The zero-order chi connectivity index (χ0) is 19.6. The van der Waals surface area contributed by atoms with E-state index in [-0.39, 0.29) is 11.9 Å². The van der Waals surface area contributed by atoms with Crippen LogP contribution in [0.1, 0.15) is 42.2 Å². The normalized spacial score (nSPS) is 10.3. The van der Waals surface area contributed by atoms with E-state index in [9.17, 15) is 9.59 Å². The van der Waals surface area contributed by atoms with E-state index < -0.39 is 0 Å². The molecular weight excluding hydrogens is 364 g/mol. The van der Waals surface area contributed by atoms with Crippen LogP contribution in [0.25, 0.3) is 0 Å². The van der Waals surface area contributed by atoms with Crippen molar-refractivity contribution in [3.05, 3.63) is 40.3 Å². The van der Waals surface area contributed by atoms with Gasteiger partial charge in [0, 0.05) is 24.2 Å². The van der Waals surface area contributed by atoms with Gasteiger partial charge in [-0.15, -0.1) is 11.3 Å². The maximum absolute atomic E-state index is 12.6. The van der Waals surface area contributed by atoms with Crippen molar-refractivity contribution in [2.24, 2.45) is 0 Å². The Morgan fingerprint density at radius 1 is 1.19 bits per heavy atom. The number of amides is 3. The molecule has 27 heavy (non-hydrogen) atoms. The van der Waals surface area contributed by atoms with E-state index in [1.807, 2.05) is 13.8 Å². The molecule has 0 fully saturated rings. The Morgan fingerprint density at radius 3 is 2.56 bits per heavy atom. The highest BCUT2D eigenvalue weighted by Gasteiger charge is 2.17. The van der Waals surface area contributed by atoms with Gasteiger partial charge in [-0.25, -0.2) is 9.78 Å². The molecule has 8 heteroatoms. The van der Waals surface area contributed by atoms with Gasteiger partial charge in [-0.05, 0) is 37.1 Å². The molecule has 3 amide bonds. The highest BCUT2D eigenvalue weighted by Crippen LogP contribution is 2.17. The minimum absolute atomic E-state index is 0.177. The molecule has 1 aromatic carbocycles. The van der Waals surface area contributed by atoms with Crippen molar-refractivity contribution < 1.29 is 14.3 Å². The molecule has 0 spiro atoms. The lowest BCUT2D eigenvalue weighted by molar-refractivity contribution is 0.0949. The van der Waals surface area contributed by atoms with E-state index in [0.717, 1.165) is 23.6 Å².